The van der Waals surface area contributed by atoms with Crippen LogP contribution in [0.25, 0.3) is 0 Å². The molecule has 0 spiro atoms. The first-order valence-electron chi connectivity index (χ1n) is 8.61. The number of carbonyl (C=O) groups is 1. The maximum Gasteiger partial charge on any atom is 0.251 e. The van der Waals surface area contributed by atoms with E-state index in [0.29, 0.717) is 12.1 Å². The van der Waals surface area contributed by atoms with E-state index in [9.17, 15) is 14.0 Å². The van der Waals surface area contributed by atoms with Crippen LogP contribution in [0.3, 0.4) is 0 Å². The number of rotatable bonds is 5. The van der Waals surface area contributed by atoms with E-state index in [0.717, 1.165) is 21.4 Å². The lowest BCUT2D eigenvalue weighted by atomic mass is 10.1. The van der Waals surface area contributed by atoms with Crippen molar-refractivity contribution in [2.75, 3.05) is 0 Å². The van der Waals surface area contributed by atoms with Gasteiger partial charge in [-0.3, -0.25) is 9.59 Å². The predicted molar refractivity (Wildman–Crippen MR) is 107 cm³/mol. The molecule has 1 atom stereocenters. The molecule has 0 saturated carbocycles. The van der Waals surface area contributed by atoms with Crippen LogP contribution in [0.4, 0.5) is 4.39 Å². The number of carbonyl (C=O) groups excluding carboxylic acids is 1. The summed E-state index contributed by atoms with van der Waals surface area (Å²) in [6.07, 6.45) is 1.62. The number of hydrogen-bond donors (Lipinski definition) is 0. The lowest BCUT2D eigenvalue weighted by Crippen LogP contribution is -2.27. The lowest BCUT2D eigenvalue weighted by molar-refractivity contribution is 0.0932. The molecular formula is C21H20BrFN2O2. The number of aromatic nitrogens is 2. The second-order valence-corrected chi connectivity index (χ2v) is 7.55. The highest BCUT2D eigenvalue weighted by Crippen LogP contribution is 2.22. The van der Waals surface area contributed by atoms with Crippen LogP contribution in [0.2, 0.25) is 0 Å². The first-order valence-corrected chi connectivity index (χ1v) is 9.40. The van der Waals surface area contributed by atoms with Crippen LogP contribution < -0.4 is 5.56 Å². The van der Waals surface area contributed by atoms with Crippen molar-refractivity contribution < 1.29 is 9.18 Å². The molecule has 27 heavy (non-hydrogen) atoms. The number of benzene rings is 1. The van der Waals surface area contributed by atoms with Crippen molar-refractivity contribution in [3.63, 3.8) is 0 Å². The van der Waals surface area contributed by atoms with Crippen LogP contribution in [0, 0.1) is 19.7 Å². The van der Waals surface area contributed by atoms with Crippen molar-refractivity contribution >= 4 is 21.7 Å². The van der Waals surface area contributed by atoms with Crippen molar-refractivity contribution in [3.8, 4) is 0 Å². The fourth-order valence-electron chi connectivity index (χ4n) is 3.24. The molecule has 3 rings (SSSR count). The van der Waals surface area contributed by atoms with Gasteiger partial charge in [-0.2, -0.15) is 0 Å². The Hall–Kier alpha value is -2.47. The van der Waals surface area contributed by atoms with Gasteiger partial charge in [0.1, 0.15) is 5.82 Å². The summed E-state index contributed by atoms with van der Waals surface area (Å²) in [4.78, 5) is 25.2. The fourth-order valence-corrected chi connectivity index (χ4v) is 3.60. The molecule has 0 aliphatic heterocycles. The van der Waals surface area contributed by atoms with Crippen molar-refractivity contribution in [3.05, 3.63) is 91.8 Å². The zero-order valence-electron chi connectivity index (χ0n) is 15.4. The molecule has 2 aromatic heterocycles. The maximum absolute atomic E-state index is 13.5. The van der Waals surface area contributed by atoms with E-state index in [2.05, 4.69) is 15.9 Å². The van der Waals surface area contributed by atoms with Crippen LogP contribution in [0.15, 0.2) is 57.9 Å². The highest BCUT2D eigenvalue weighted by atomic mass is 79.9. The minimum Gasteiger partial charge on any atom is -0.344 e. The Morgan fingerprint density at radius 3 is 2.63 bits per heavy atom. The fraction of sp³-hybridized carbons (Fsp3) is 0.238. The highest BCUT2D eigenvalue weighted by molar-refractivity contribution is 9.10. The summed E-state index contributed by atoms with van der Waals surface area (Å²) in [5.41, 5.74) is 2.88. The zero-order valence-corrected chi connectivity index (χ0v) is 17.0. The van der Waals surface area contributed by atoms with E-state index in [-0.39, 0.29) is 17.2 Å². The zero-order chi connectivity index (χ0) is 19.7. The first-order chi connectivity index (χ1) is 12.8. The van der Waals surface area contributed by atoms with E-state index < -0.39 is 6.04 Å². The molecule has 0 N–H and O–H groups in total. The molecule has 2 heterocycles. The highest BCUT2D eigenvalue weighted by Gasteiger charge is 2.23. The van der Waals surface area contributed by atoms with Crippen molar-refractivity contribution in [1.29, 1.82) is 0 Å². The van der Waals surface area contributed by atoms with Crippen molar-refractivity contribution in [2.45, 2.75) is 33.4 Å². The van der Waals surface area contributed by atoms with E-state index in [1.54, 1.807) is 25.3 Å². The third-order valence-corrected chi connectivity index (χ3v) is 5.24. The number of halogens is 2. The minimum atomic E-state index is -0.627. The van der Waals surface area contributed by atoms with Gasteiger partial charge in [-0.1, -0.05) is 12.1 Å². The lowest BCUT2D eigenvalue weighted by Gasteiger charge is -2.15. The van der Waals surface area contributed by atoms with Gasteiger partial charge in [0.2, 0.25) is 0 Å². The average molecular weight is 431 g/mol. The average Bonchev–Trinajstić information content (AvgIpc) is 2.91. The summed E-state index contributed by atoms with van der Waals surface area (Å²) in [5, 5.41) is 0. The number of hydrogen-bond acceptors (Lipinski definition) is 2. The Bertz CT molecular complexity index is 1070. The van der Waals surface area contributed by atoms with Gasteiger partial charge >= 0.3 is 0 Å². The summed E-state index contributed by atoms with van der Waals surface area (Å²) >= 11 is 3.34. The Morgan fingerprint density at radius 2 is 1.93 bits per heavy atom. The van der Waals surface area contributed by atoms with E-state index in [4.69, 9.17) is 0 Å². The summed E-state index contributed by atoms with van der Waals surface area (Å²) in [6.45, 7) is 5.98. The Labute approximate surface area is 165 Å². The summed E-state index contributed by atoms with van der Waals surface area (Å²) in [6, 6.07) is 10.7. The van der Waals surface area contributed by atoms with Crippen LogP contribution in [-0.2, 0) is 6.54 Å². The molecule has 1 aromatic carbocycles. The van der Waals surface area contributed by atoms with Gasteiger partial charge in [-0.25, -0.2) is 4.39 Å². The normalized spacial score (nSPS) is 12.2. The molecule has 0 aliphatic carbocycles. The number of nitrogens with zero attached hydrogens (tertiary/aromatic N) is 2. The largest absolute Gasteiger partial charge is 0.344 e. The van der Waals surface area contributed by atoms with Gasteiger partial charge in [-0.05, 0) is 66.5 Å². The predicted octanol–water partition coefficient (Wildman–Crippen LogP) is 4.66. The maximum atomic E-state index is 13.5. The molecule has 0 saturated heterocycles. The first kappa shape index (κ1) is 19.3. The molecule has 6 heteroatoms. The SMILES string of the molecule is Cc1cc(C(=O)C(C)n2cc(Br)ccc2=O)c(C)n1Cc1cccc(F)c1. The van der Waals surface area contributed by atoms with Crippen molar-refractivity contribution in [1.82, 2.24) is 9.13 Å². The number of pyridine rings is 1. The summed E-state index contributed by atoms with van der Waals surface area (Å²) < 4.78 is 17.6. The monoisotopic (exact) mass is 430 g/mol. The molecule has 0 fully saturated rings. The quantitative estimate of drug-likeness (QED) is 0.552. The topological polar surface area (TPSA) is 44.0 Å². The molecular weight excluding hydrogens is 411 g/mol. The molecule has 4 nitrogen and oxygen atoms in total. The second-order valence-electron chi connectivity index (χ2n) is 6.63. The Morgan fingerprint density at radius 1 is 1.19 bits per heavy atom. The van der Waals surface area contributed by atoms with Gasteiger partial charge < -0.3 is 9.13 Å². The second kappa shape index (κ2) is 7.64. The molecule has 0 amide bonds. The molecule has 0 bridgehead atoms. The van der Waals surface area contributed by atoms with E-state index >= 15 is 0 Å². The summed E-state index contributed by atoms with van der Waals surface area (Å²) in [5.74, 6) is -0.414. The van der Waals surface area contributed by atoms with Gasteiger partial charge in [-0.15, -0.1) is 0 Å². The third-order valence-electron chi connectivity index (χ3n) is 4.77. The van der Waals surface area contributed by atoms with Gasteiger partial charge in [0.25, 0.3) is 5.56 Å². The van der Waals surface area contributed by atoms with Gasteiger partial charge in [0.15, 0.2) is 5.78 Å². The van der Waals surface area contributed by atoms with Gasteiger partial charge in [0.05, 0.1) is 6.04 Å². The molecule has 0 aliphatic rings. The molecule has 0 radical (unpaired) electrons. The summed E-state index contributed by atoms with van der Waals surface area (Å²) in [7, 11) is 0. The molecule has 140 valence electrons. The Balaban J connectivity index is 1.94. The number of aryl methyl sites for hydroxylation is 1. The number of ketones is 1. The van der Waals surface area contributed by atoms with E-state index in [1.165, 1.54) is 22.8 Å². The van der Waals surface area contributed by atoms with Crippen LogP contribution in [-0.4, -0.2) is 14.9 Å². The number of Topliss-reactive ketones (excluding diaryl/α,β-unsaturated/α-hetero) is 1. The van der Waals surface area contributed by atoms with Crippen molar-refractivity contribution in [2.24, 2.45) is 0 Å². The minimum absolute atomic E-state index is 0.131. The van der Waals surface area contributed by atoms with Crippen LogP contribution >= 0.6 is 15.9 Å². The molecule has 1 unspecified atom stereocenters. The van der Waals surface area contributed by atoms with Gasteiger partial charge in [0, 0.05) is 40.2 Å². The van der Waals surface area contributed by atoms with Crippen LogP contribution in [0.1, 0.15) is 40.3 Å². The Kier molecular flexibility index (Phi) is 5.46. The molecule has 3 aromatic rings. The standard InChI is InChI=1S/C21H20BrFN2O2/c1-13-9-19(14(2)24(13)11-16-5-4-6-18(23)10-16)21(27)15(3)25-12-17(22)7-8-20(25)26/h4-10,12,15H,11H2,1-3H3. The smallest absolute Gasteiger partial charge is 0.251 e. The van der Waals surface area contributed by atoms with Crippen LogP contribution in [0.5, 0.6) is 0 Å². The third kappa shape index (κ3) is 3.95. The van der Waals surface area contributed by atoms with E-state index in [1.807, 2.05) is 30.5 Å².